The van der Waals surface area contributed by atoms with E-state index >= 15 is 0 Å². The predicted octanol–water partition coefficient (Wildman–Crippen LogP) is 1.39. The van der Waals surface area contributed by atoms with Gasteiger partial charge in [-0.2, -0.15) is 0 Å². The summed E-state index contributed by atoms with van der Waals surface area (Å²) in [5.74, 6) is 0.237. The molecule has 2 aromatic carbocycles. The van der Waals surface area contributed by atoms with Crippen LogP contribution in [0.3, 0.4) is 0 Å². The van der Waals surface area contributed by atoms with Gasteiger partial charge in [-0.3, -0.25) is 0 Å². The van der Waals surface area contributed by atoms with Crippen LogP contribution in [-0.4, -0.2) is 36.4 Å². The summed E-state index contributed by atoms with van der Waals surface area (Å²) in [6.45, 7) is 6.25. The minimum absolute atomic E-state index is 0.119. The molecule has 0 aliphatic carbocycles. The van der Waals surface area contributed by atoms with Gasteiger partial charge in [0.15, 0.2) is 11.5 Å². The van der Waals surface area contributed by atoms with E-state index in [2.05, 4.69) is 12.1 Å². The molecular formula is C22H32N2O2+2. The van der Waals surface area contributed by atoms with E-state index in [1.807, 2.05) is 12.1 Å². The zero-order valence-corrected chi connectivity index (χ0v) is 15.7. The minimum atomic E-state index is 0.119. The Morgan fingerprint density at radius 3 is 1.38 bits per heavy atom. The quantitative estimate of drug-likeness (QED) is 0.626. The molecule has 0 atom stereocenters. The molecule has 26 heavy (non-hydrogen) atoms. The number of aromatic hydroxyl groups is 2. The number of phenols is 2. The highest BCUT2D eigenvalue weighted by molar-refractivity contribution is 5.93. The average molecular weight is 357 g/mol. The van der Waals surface area contributed by atoms with E-state index in [0.717, 1.165) is 61.2 Å². The van der Waals surface area contributed by atoms with Gasteiger partial charge in [-0.1, -0.05) is 24.3 Å². The van der Waals surface area contributed by atoms with Crippen molar-refractivity contribution < 1.29 is 20.0 Å². The van der Waals surface area contributed by atoms with E-state index in [0.29, 0.717) is 0 Å². The van der Waals surface area contributed by atoms with E-state index in [1.54, 1.807) is 0 Å². The topological polar surface area (TPSA) is 49.3 Å². The number of rotatable bonds is 4. The Kier molecular flexibility index (Phi) is 5.32. The van der Waals surface area contributed by atoms with E-state index in [-0.39, 0.29) is 11.5 Å². The van der Waals surface area contributed by atoms with Crippen LogP contribution in [0.4, 0.5) is 0 Å². The fourth-order valence-electron chi connectivity index (χ4n) is 4.87. The van der Waals surface area contributed by atoms with Crippen LogP contribution in [0.25, 0.3) is 10.8 Å². The molecule has 0 spiro atoms. The molecule has 4 rings (SSSR count). The first-order chi connectivity index (χ1) is 12.7. The highest BCUT2D eigenvalue weighted by Crippen LogP contribution is 2.39. The number of likely N-dealkylation sites (tertiary alicyclic amines) is 2. The highest BCUT2D eigenvalue weighted by Gasteiger charge is 2.25. The molecule has 0 unspecified atom stereocenters. The van der Waals surface area contributed by atoms with Crippen molar-refractivity contribution in [3.8, 4) is 11.5 Å². The number of hydrogen-bond donors (Lipinski definition) is 4. The standard InChI is InChI=1S/C22H30N2O2/c25-21-19(15-23-11-5-1-6-12-23)17-9-3-4-10-18(17)20(22(21)26)16-24-13-7-2-8-14-24/h3-4,9-10,25-26H,1-2,5-8,11-16H2/p+2. The number of hydrogen-bond acceptors (Lipinski definition) is 2. The molecule has 4 heteroatoms. The number of benzene rings is 2. The van der Waals surface area contributed by atoms with Gasteiger partial charge in [-0.05, 0) is 49.3 Å². The van der Waals surface area contributed by atoms with Crippen LogP contribution >= 0.6 is 0 Å². The smallest absolute Gasteiger partial charge is 0.167 e. The Morgan fingerprint density at radius 1 is 0.615 bits per heavy atom. The largest absolute Gasteiger partial charge is 0.504 e. The lowest BCUT2D eigenvalue weighted by atomic mass is 9.95. The van der Waals surface area contributed by atoms with Crippen LogP contribution in [0.2, 0.25) is 0 Å². The second-order valence-corrected chi connectivity index (χ2v) is 8.17. The molecule has 2 aromatic rings. The molecular weight excluding hydrogens is 324 g/mol. The van der Waals surface area contributed by atoms with Gasteiger partial charge in [0.25, 0.3) is 0 Å². The summed E-state index contributed by atoms with van der Waals surface area (Å²) in [6, 6.07) is 8.32. The average Bonchev–Trinajstić information content (AvgIpc) is 2.70. The molecule has 2 aliphatic heterocycles. The lowest BCUT2D eigenvalue weighted by Crippen LogP contribution is -3.11. The van der Waals surface area contributed by atoms with Gasteiger partial charge >= 0.3 is 0 Å². The number of quaternary nitrogens is 2. The maximum absolute atomic E-state index is 10.9. The zero-order valence-electron chi connectivity index (χ0n) is 15.7. The van der Waals surface area contributed by atoms with Crippen molar-refractivity contribution in [2.24, 2.45) is 0 Å². The molecule has 4 N–H and O–H groups in total. The third-order valence-electron chi connectivity index (χ3n) is 6.35. The molecule has 2 heterocycles. The maximum atomic E-state index is 10.9. The highest BCUT2D eigenvalue weighted by atomic mass is 16.3. The summed E-state index contributed by atoms with van der Waals surface area (Å²) in [5, 5.41) is 24.0. The summed E-state index contributed by atoms with van der Waals surface area (Å²) >= 11 is 0. The molecule has 0 aromatic heterocycles. The van der Waals surface area contributed by atoms with Gasteiger partial charge in [0.1, 0.15) is 13.1 Å². The maximum Gasteiger partial charge on any atom is 0.167 e. The van der Waals surface area contributed by atoms with Gasteiger partial charge in [0, 0.05) is 0 Å². The molecule has 0 saturated carbocycles. The minimum Gasteiger partial charge on any atom is -0.504 e. The lowest BCUT2D eigenvalue weighted by molar-refractivity contribution is -0.918. The Bertz CT molecular complexity index is 698. The van der Waals surface area contributed by atoms with Gasteiger partial charge in [0.2, 0.25) is 0 Å². The van der Waals surface area contributed by atoms with Crippen molar-refractivity contribution in [2.45, 2.75) is 51.6 Å². The van der Waals surface area contributed by atoms with E-state index in [4.69, 9.17) is 0 Å². The Hall–Kier alpha value is -1.78. The third-order valence-corrected chi connectivity index (χ3v) is 6.35. The van der Waals surface area contributed by atoms with Crippen LogP contribution in [0.5, 0.6) is 11.5 Å². The molecule has 140 valence electrons. The first kappa shape index (κ1) is 17.6. The number of fused-ring (bicyclic) bond motifs is 1. The fraction of sp³-hybridized carbons (Fsp3) is 0.545. The molecule has 0 amide bonds. The van der Waals surface area contributed by atoms with Gasteiger partial charge in [0.05, 0.1) is 37.3 Å². The Balaban J connectivity index is 1.71. The molecule has 0 bridgehead atoms. The van der Waals surface area contributed by atoms with Gasteiger partial charge < -0.3 is 20.0 Å². The Labute approximate surface area is 156 Å². The van der Waals surface area contributed by atoms with Crippen molar-refractivity contribution in [1.82, 2.24) is 0 Å². The summed E-state index contributed by atoms with van der Waals surface area (Å²) in [5.41, 5.74) is 1.85. The van der Waals surface area contributed by atoms with Crippen molar-refractivity contribution in [1.29, 1.82) is 0 Å². The summed E-state index contributed by atoms with van der Waals surface area (Å²) in [4.78, 5) is 3.04. The summed E-state index contributed by atoms with van der Waals surface area (Å²) in [6.07, 6.45) is 7.68. The van der Waals surface area contributed by atoms with Crippen molar-refractivity contribution >= 4 is 10.8 Å². The van der Waals surface area contributed by atoms with Crippen LogP contribution in [0.15, 0.2) is 24.3 Å². The van der Waals surface area contributed by atoms with E-state index in [1.165, 1.54) is 48.3 Å². The number of phenolic OH excluding ortho intramolecular Hbond substituents is 2. The summed E-state index contributed by atoms with van der Waals surface area (Å²) < 4.78 is 0. The Morgan fingerprint density at radius 2 is 1.00 bits per heavy atom. The first-order valence-electron chi connectivity index (χ1n) is 10.4. The monoisotopic (exact) mass is 356 g/mol. The van der Waals surface area contributed by atoms with Gasteiger partial charge in [-0.15, -0.1) is 0 Å². The molecule has 2 aliphatic rings. The second-order valence-electron chi connectivity index (χ2n) is 8.17. The van der Waals surface area contributed by atoms with E-state index < -0.39 is 0 Å². The lowest BCUT2D eigenvalue weighted by Gasteiger charge is -2.27. The first-order valence-corrected chi connectivity index (χ1v) is 10.4. The fourth-order valence-corrected chi connectivity index (χ4v) is 4.87. The molecule has 2 fully saturated rings. The molecule has 4 nitrogen and oxygen atoms in total. The van der Waals surface area contributed by atoms with Gasteiger partial charge in [-0.25, -0.2) is 0 Å². The predicted molar refractivity (Wildman–Crippen MR) is 104 cm³/mol. The zero-order chi connectivity index (χ0) is 17.9. The SMILES string of the molecule is Oc1c(O)c(C[NH+]2CCCCC2)c2ccccc2c1C[NH+]1CCCCC1. The normalized spacial score (nSPS) is 19.8. The molecule has 2 saturated heterocycles. The second kappa shape index (κ2) is 7.85. The third kappa shape index (κ3) is 3.53. The van der Waals surface area contributed by atoms with Crippen molar-refractivity contribution in [3.05, 3.63) is 35.4 Å². The van der Waals surface area contributed by atoms with E-state index in [9.17, 15) is 10.2 Å². The van der Waals surface area contributed by atoms with Crippen molar-refractivity contribution in [3.63, 3.8) is 0 Å². The van der Waals surface area contributed by atoms with Crippen molar-refractivity contribution in [2.75, 3.05) is 26.2 Å². The number of nitrogens with one attached hydrogen (secondary N) is 2. The van der Waals surface area contributed by atoms with Crippen LogP contribution in [0.1, 0.15) is 49.7 Å². The summed E-state index contributed by atoms with van der Waals surface area (Å²) in [7, 11) is 0. The van der Waals surface area contributed by atoms with Crippen LogP contribution in [-0.2, 0) is 13.1 Å². The van der Waals surface area contributed by atoms with Crippen LogP contribution < -0.4 is 9.80 Å². The molecule has 0 radical (unpaired) electrons. The number of piperidine rings is 2. The van der Waals surface area contributed by atoms with Crippen LogP contribution in [0, 0.1) is 0 Å².